The summed E-state index contributed by atoms with van der Waals surface area (Å²) < 4.78 is 16.8. The average Bonchev–Trinajstić information content (AvgIpc) is 3.39. The van der Waals surface area contributed by atoms with Gasteiger partial charge in [-0.25, -0.2) is 0 Å². The predicted molar refractivity (Wildman–Crippen MR) is 316 cm³/mol. The predicted octanol–water partition coefficient (Wildman–Crippen LogP) is 20.7. The lowest BCUT2D eigenvalue weighted by atomic mass is 10.0. The van der Waals surface area contributed by atoms with E-state index >= 15 is 0 Å². The Balaban J connectivity index is 4.39. The maximum Gasteiger partial charge on any atom is 0.306 e. The molecule has 0 aromatic rings. The minimum atomic E-state index is -0.799. The zero-order valence-corrected chi connectivity index (χ0v) is 47.6. The SMILES string of the molecule is CC/C=C\C/C=C\C/C=C\C/C=C\C/C=C\C/C=C\C/C=C\C/C=C\C/C=C\CCCC(=O)OCC(COC(=O)CCCCCCCCCCCCCCC)OC(=O)CCCCCCCCCCCCCCC. The van der Waals surface area contributed by atoms with E-state index in [1.165, 1.54) is 128 Å². The van der Waals surface area contributed by atoms with Crippen LogP contribution < -0.4 is 0 Å². The summed E-state index contributed by atoms with van der Waals surface area (Å²) in [4.78, 5) is 38.1. The number of unbranched alkanes of at least 4 members (excludes halogenated alkanes) is 25. The molecule has 0 spiro atoms. The lowest BCUT2D eigenvalue weighted by Crippen LogP contribution is -2.30. The molecule has 0 aliphatic carbocycles. The number of ether oxygens (including phenoxy) is 3. The summed E-state index contributed by atoms with van der Waals surface area (Å²) >= 11 is 0. The maximum absolute atomic E-state index is 12.8. The van der Waals surface area contributed by atoms with Crippen LogP contribution in [0.3, 0.4) is 0 Å². The van der Waals surface area contributed by atoms with Gasteiger partial charge in [-0.2, -0.15) is 0 Å². The summed E-state index contributed by atoms with van der Waals surface area (Å²) in [5.74, 6) is -0.949. The lowest BCUT2D eigenvalue weighted by molar-refractivity contribution is -0.167. The Hall–Kier alpha value is -3.93. The number of rotatable bonds is 54. The van der Waals surface area contributed by atoms with E-state index < -0.39 is 6.10 Å². The van der Waals surface area contributed by atoms with E-state index in [1.54, 1.807) is 0 Å². The standard InChI is InChI=1S/C67H112O6/c1-4-7-10-13-16-19-22-25-26-27-28-29-30-31-32-33-34-35-36-37-38-39-40-43-45-48-51-54-57-60-66(69)72-63-64(73-67(70)61-58-55-52-49-46-42-24-21-18-15-12-9-6-3)62-71-65(68)59-56-53-50-47-44-41-23-20-17-14-11-8-5-2/h7,10,16,19,25-26,28-29,31-32,34-35,37-38,40,43,48,51,64H,4-6,8-9,11-15,17-18,20-24,27,30,33,36,39,41-42,44-47,49-50,52-63H2,1-3H3/b10-7-,19-16-,26-25-,29-28-,32-31-,35-34-,38-37-,43-40-,51-48-. The van der Waals surface area contributed by atoms with Gasteiger partial charge in [0.25, 0.3) is 0 Å². The molecule has 73 heavy (non-hydrogen) atoms. The fourth-order valence-corrected chi connectivity index (χ4v) is 8.27. The van der Waals surface area contributed by atoms with Gasteiger partial charge in [-0.3, -0.25) is 14.4 Å². The summed E-state index contributed by atoms with van der Waals surface area (Å²) in [7, 11) is 0. The minimum absolute atomic E-state index is 0.0928. The van der Waals surface area contributed by atoms with Crippen molar-refractivity contribution in [1.29, 1.82) is 0 Å². The van der Waals surface area contributed by atoms with Crippen molar-refractivity contribution in [3.8, 4) is 0 Å². The van der Waals surface area contributed by atoms with Crippen LogP contribution in [0, 0.1) is 0 Å². The summed E-state index contributed by atoms with van der Waals surface area (Å²) in [5.41, 5.74) is 0. The first-order valence-electron chi connectivity index (χ1n) is 30.4. The van der Waals surface area contributed by atoms with Crippen LogP contribution in [0.15, 0.2) is 109 Å². The second-order valence-electron chi connectivity index (χ2n) is 19.9. The van der Waals surface area contributed by atoms with Crippen molar-refractivity contribution in [2.45, 2.75) is 284 Å². The van der Waals surface area contributed by atoms with Gasteiger partial charge in [0.15, 0.2) is 6.10 Å². The molecular weight excluding hydrogens is 901 g/mol. The Kier molecular flexibility index (Phi) is 57.4. The molecule has 0 bridgehead atoms. The monoisotopic (exact) mass is 1010 g/mol. The number of hydrogen-bond acceptors (Lipinski definition) is 6. The van der Waals surface area contributed by atoms with Gasteiger partial charge in [-0.1, -0.05) is 284 Å². The summed E-state index contributed by atoms with van der Waals surface area (Å²) in [6, 6.07) is 0. The molecule has 0 radical (unpaired) electrons. The third-order valence-electron chi connectivity index (χ3n) is 12.8. The van der Waals surface area contributed by atoms with Crippen molar-refractivity contribution in [1.82, 2.24) is 0 Å². The van der Waals surface area contributed by atoms with Crippen LogP contribution >= 0.6 is 0 Å². The highest BCUT2D eigenvalue weighted by molar-refractivity contribution is 5.71. The van der Waals surface area contributed by atoms with Crippen molar-refractivity contribution in [3.63, 3.8) is 0 Å². The molecule has 0 amide bonds. The van der Waals surface area contributed by atoms with Gasteiger partial charge in [0.1, 0.15) is 13.2 Å². The zero-order valence-electron chi connectivity index (χ0n) is 47.6. The smallest absolute Gasteiger partial charge is 0.306 e. The highest BCUT2D eigenvalue weighted by Crippen LogP contribution is 2.16. The molecule has 0 aromatic heterocycles. The highest BCUT2D eigenvalue weighted by Gasteiger charge is 2.19. The number of esters is 3. The van der Waals surface area contributed by atoms with E-state index in [0.717, 1.165) is 103 Å². The van der Waals surface area contributed by atoms with Crippen LogP contribution in [0.1, 0.15) is 278 Å². The van der Waals surface area contributed by atoms with E-state index in [1.807, 2.05) is 0 Å². The second kappa shape index (κ2) is 60.6. The van der Waals surface area contributed by atoms with Gasteiger partial charge in [-0.15, -0.1) is 0 Å². The first-order valence-corrected chi connectivity index (χ1v) is 30.4. The molecule has 416 valence electrons. The molecule has 0 aliphatic rings. The molecule has 0 saturated heterocycles. The topological polar surface area (TPSA) is 78.9 Å². The first kappa shape index (κ1) is 69.1. The van der Waals surface area contributed by atoms with Gasteiger partial charge < -0.3 is 14.2 Å². The lowest BCUT2D eigenvalue weighted by Gasteiger charge is -2.18. The van der Waals surface area contributed by atoms with Gasteiger partial charge in [0.2, 0.25) is 0 Å². The van der Waals surface area contributed by atoms with E-state index in [-0.39, 0.29) is 37.5 Å². The molecule has 1 atom stereocenters. The largest absolute Gasteiger partial charge is 0.462 e. The normalized spacial score (nSPS) is 12.9. The Morgan fingerprint density at radius 3 is 0.836 bits per heavy atom. The van der Waals surface area contributed by atoms with Crippen molar-refractivity contribution in [2.75, 3.05) is 13.2 Å². The number of hydrogen-bond donors (Lipinski definition) is 0. The molecule has 0 rings (SSSR count). The Morgan fingerprint density at radius 1 is 0.288 bits per heavy atom. The Morgan fingerprint density at radius 2 is 0.534 bits per heavy atom. The van der Waals surface area contributed by atoms with Crippen LogP contribution in [0.2, 0.25) is 0 Å². The fraction of sp³-hybridized carbons (Fsp3) is 0.687. The molecule has 6 nitrogen and oxygen atoms in total. The van der Waals surface area contributed by atoms with E-state index in [0.29, 0.717) is 19.3 Å². The molecule has 6 heteroatoms. The van der Waals surface area contributed by atoms with Crippen molar-refractivity contribution < 1.29 is 28.6 Å². The van der Waals surface area contributed by atoms with Crippen molar-refractivity contribution in [3.05, 3.63) is 109 Å². The summed E-state index contributed by atoms with van der Waals surface area (Å²) in [5, 5.41) is 0. The highest BCUT2D eigenvalue weighted by atomic mass is 16.6. The molecule has 0 aliphatic heterocycles. The quantitative estimate of drug-likeness (QED) is 0.0261. The Bertz CT molecular complexity index is 1490. The minimum Gasteiger partial charge on any atom is -0.462 e. The zero-order chi connectivity index (χ0) is 52.9. The van der Waals surface area contributed by atoms with Gasteiger partial charge >= 0.3 is 17.9 Å². The summed E-state index contributed by atoms with van der Waals surface area (Å²) in [6.45, 7) is 6.49. The van der Waals surface area contributed by atoms with Crippen LogP contribution in [0.5, 0.6) is 0 Å². The van der Waals surface area contributed by atoms with Crippen molar-refractivity contribution in [2.24, 2.45) is 0 Å². The average molecular weight is 1010 g/mol. The molecule has 0 fully saturated rings. The van der Waals surface area contributed by atoms with Crippen LogP contribution in [0.25, 0.3) is 0 Å². The number of carbonyl (C=O) groups is 3. The van der Waals surface area contributed by atoms with Gasteiger partial charge in [0.05, 0.1) is 0 Å². The van der Waals surface area contributed by atoms with Crippen LogP contribution in [-0.2, 0) is 28.6 Å². The number of carbonyl (C=O) groups excluding carboxylic acids is 3. The Labute approximate surface area is 450 Å². The third-order valence-corrected chi connectivity index (χ3v) is 12.8. The van der Waals surface area contributed by atoms with Crippen LogP contribution in [0.4, 0.5) is 0 Å². The second-order valence-corrected chi connectivity index (χ2v) is 19.9. The number of allylic oxidation sites excluding steroid dienone is 18. The molecule has 0 saturated carbocycles. The first-order chi connectivity index (χ1) is 36.0. The van der Waals surface area contributed by atoms with Crippen molar-refractivity contribution >= 4 is 17.9 Å². The molecule has 1 unspecified atom stereocenters. The maximum atomic E-state index is 12.8. The molecule has 0 N–H and O–H groups in total. The van der Waals surface area contributed by atoms with Gasteiger partial charge in [-0.05, 0) is 83.5 Å². The molecular formula is C67H112O6. The fourth-order valence-electron chi connectivity index (χ4n) is 8.27. The summed E-state index contributed by atoms with van der Waals surface area (Å²) in [6.07, 6.45) is 82.3. The van der Waals surface area contributed by atoms with E-state index in [9.17, 15) is 14.4 Å². The van der Waals surface area contributed by atoms with Crippen LogP contribution in [-0.4, -0.2) is 37.2 Å². The molecule has 0 aromatic carbocycles. The van der Waals surface area contributed by atoms with E-state index in [2.05, 4.69) is 130 Å². The third kappa shape index (κ3) is 58.8. The molecule has 0 heterocycles. The van der Waals surface area contributed by atoms with E-state index in [4.69, 9.17) is 14.2 Å². The van der Waals surface area contributed by atoms with Gasteiger partial charge in [0, 0.05) is 19.3 Å².